The van der Waals surface area contributed by atoms with E-state index >= 15 is 0 Å². The summed E-state index contributed by atoms with van der Waals surface area (Å²) in [6.07, 6.45) is -4.82. The van der Waals surface area contributed by atoms with E-state index in [2.05, 4.69) is 4.98 Å². The van der Waals surface area contributed by atoms with Gasteiger partial charge in [-0.2, -0.15) is 13.2 Å². The van der Waals surface area contributed by atoms with E-state index in [1.807, 2.05) is 0 Å². The van der Waals surface area contributed by atoms with E-state index in [4.69, 9.17) is 11.6 Å². The fraction of sp³-hybridized carbons (Fsp3) is 0.214. The van der Waals surface area contributed by atoms with Crippen LogP contribution in [0.5, 0.6) is 0 Å². The lowest BCUT2D eigenvalue weighted by Gasteiger charge is -2.29. The number of aromatic nitrogens is 2. The van der Waals surface area contributed by atoms with Gasteiger partial charge in [0.05, 0.1) is 11.1 Å². The maximum atomic E-state index is 15.0. The molecule has 2 aromatic carbocycles. The van der Waals surface area contributed by atoms with Gasteiger partial charge in [0.1, 0.15) is 29.1 Å². The van der Waals surface area contributed by atoms with Crippen molar-refractivity contribution >= 4 is 40.3 Å². The van der Waals surface area contributed by atoms with Crippen molar-refractivity contribution in [3.05, 3.63) is 98.8 Å². The number of carbonyl (C=O) groups is 2. The zero-order valence-corrected chi connectivity index (χ0v) is 22.1. The Morgan fingerprint density at radius 3 is 2.52 bits per heavy atom. The van der Waals surface area contributed by atoms with Gasteiger partial charge in [-0.1, -0.05) is 29.8 Å². The van der Waals surface area contributed by atoms with Crippen LogP contribution in [0.1, 0.15) is 34.8 Å². The lowest BCUT2D eigenvalue weighted by molar-refractivity contribution is -0.155. The Balaban J connectivity index is 1.68. The standard InChI is InChI=1S/C28H20ClF5N4O4/c29-18-5-2-1-4-15(18)24(28(32,33)34)36-26(41)17-13-38(20-9-7-14(30)12-19(20)31)25-16(23(17)40)8-10-22(35-25)37-11-3-6-21(39)27(37)42/h1-2,4-5,7-10,12-13,21,24,39H,3,6,11H2,(H,36,41)/t21?,24-/m1/s1. The molecule has 8 nitrogen and oxygen atoms in total. The first kappa shape index (κ1) is 29.1. The van der Waals surface area contributed by atoms with Crippen molar-refractivity contribution < 1.29 is 36.6 Å². The van der Waals surface area contributed by atoms with Gasteiger partial charge in [0.2, 0.25) is 5.43 Å². The fourth-order valence-corrected chi connectivity index (χ4v) is 4.95. The van der Waals surface area contributed by atoms with E-state index < -0.39 is 58.3 Å². The summed E-state index contributed by atoms with van der Waals surface area (Å²) in [4.78, 5) is 44.7. The van der Waals surface area contributed by atoms with E-state index in [1.54, 1.807) is 5.32 Å². The summed E-state index contributed by atoms with van der Waals surface area (Å²) in [6, 6.07) is 7.23. The van der Waals surface area contributed by atoms with Gasteiger partial charge in [0.15, 0.2) is 11.7 Å². The van der Waals surface area contributed by atoms with E-state index in [9.17, 15) is 41.4 Å². The van der Waals surface area contributed by atoms with Crippen LogP contribution in [-0.2, 0) is 4.79 Å². The van der Waals surface area contributed by atoms with Crippen LogP contribution >= 0.6 is 11.6 Å². The normalized spacial score (nSPS) is 16.5. The SMILES string of the molecule is O=C(N[C@H](c1ccccc1Cl)C(F)(F)F)c1cn(-c2ccc(F)cc2F)c2nc(N3CCCC(O)C3=O)ccc2c1=O. The number of aliphatic hydroxyl groups is 1. The number of hydrogen-bond donors (Lipinski definition) is 2. The molecular weight excluding hydrogens is 587 g/mol. The second-order valence-electron chi connectivity index (χ2n) is 9.50. The van der Waals surface area contributed by atoms with E-state index in [0.29, 0.717) is 12.5 Å². The van der Waals surface area contributed by atoms with Crippen molar-refractivity contribution in [2.75, 3.05) is 11.4 Å². The predicted molar refractivity (Wildman–Crippen MR) is 143 cm³/mol. The maximum Gasteiger partial charge on any atom is 0.412 e. The molecule has 14 heteroatoms. The van der Waals surface area contributed by atoms with E-state index in [-0.39, 0.29) is 40.5 Å². The third-order valence-electron chi connectivity index (χ3n) is 6.76. The summed E-state index contributed by atoms with van der Waals surface area (Å²) in [6.45, 7) is 0.185. The number of hydrogen-bond acceptors (Lipinski definition) is 5. The highest BCUT2D eigenvalue weighted by molar-refractivity contribution is 6.31. The van der Waals surface area contributed by atoms with Crippen molar-refractivity contribution in [3.63, 3.8) is 0 Å². The van der Waals surface area contributed by atoms with Gasteiger partial charge in [-0.15, -0.1) is 0 Å². The molecule has 4 aromatic rings. The number of fused-ring (bicyclic) bond motifs is 1. The summed E-state index contributed by atoms with van der Waals surface area (Å²) in [5.74, 6) is -4.17. The number of aliphatic hydroxyl groups excluding tert-OH is 1. The van der Waals surface area contributed by atoms with Crippen LogP contribution in [0.2, 0.25) is 5.02 Å². The van der Waals surface area contributed by atoms with E-state index in [1.165, 1.54) is 35.2 Å². The Morgan fingerprint density at radius 2 is 1.83 bits per heavy atom. The highest BCUT2D eigenvalue weighted by Gasteiger charge is 2.43. The van der Waals surface area contributed by atoms with Crippen LogP contribution in [-0.4, -0.2) is 45.3 Å². The number of nitrogens with one attached hydrogen (secondary N) is 1. The number of halogens is 6. The Bertz CT molecular complexity index is 1780. The number of anilines is 1. The highest BCUT2D eigenvalue weighted by Crippen LogP contribution is 2.36. The number of piperidine rings is 1. The molecule has 1 unspecified atom stereocenters. The van der Waals surface area contributed by atoms with Crippen LogP contribution < -0.4 is 15.6 Å². The molecule has 5 rings (SSSR count). The molecule has 42 heavy (non-hydrogen) atoms. The fourth-order valence-electron chi connectivity index (χ4n) is 4.70. The van der Waals surface area contributed by atoms with Gasteiger partial charge in [0, 0.05) is 29.4 Å². The quantitative estimate of drug-likeness (QED) is 0.317. The van der Waals surface area contributed by atoms with Gasteiger partial charge in [-0.3, -0.25) is 23.9 Å². The molecule has 2 N–H and O–H groups in total. The first-order chi connectivity index (χ1) is 19.9. The Hall–Kier alpha value is -4.36. The molecule has 1 fully saturated rings. The molecule has 0 saturated carbocycles. The monoisotopic (exact) mass is 606 g/mol. The first-order valence-electron chi connectivity index (χ1n) is 12.5. The van der Waals surface area contributed by atoms with Gasteiger partial charge in [0.25, 0.3) is 11.8 Å². The number of nitrogens with zero attached hydrogens (tertiary/aromatic N) is 3. The largest absolute Gasteiger partial charge is 0.412 e. The summed E-state index contributed by atoms with van der Waals surface area (Å²) in [7, 11) is 0. The van der Waals surface area contributed by atoms with Gasteiger partial charge < -0.3 is 10.4 Å². The topological polar surface area (TPSA) is 105 Å². The van der Waals surface area contributed by atoms with Crippen molar-refractivity contribution in [2.24, 2.45) is 0 Å². The minimum atomic E-state index is -5.01. The summed E-state index contributed by atoms with van der Waals surface area (Å²) >= 11 is 5.96. The summed E-state index contributed by atoms with van der Waals surface area (Å²) in [5.41, 5.74) is -2.96. The number of benzene rings is 2. The molecule has 0 spiro atoms. The van der Waals surface area contributed by atoms with Crippen LogP contribution in [0.25, 0.3) is 16.7 Å². The Morgan fingerprint density at radius 1 is 1.10 bits per heavy atom. The molecule has 1 aliphatic rings. The molecule has 2 amide bonds. The number of alkyl halides is 3. The minimum Gasteiger partial charge on any atom is -0.383 e. The summed E-state index contributed by atoms with van der Waals surface area (Å²) < 4.78 is 71.7. The third-order valence-corrected chi connectivity index (χ3v) is 7.10. The third kappa shape index (κ3) is 5.44. The minimum absolute atomic E-state index is 0.00465. The predicted octanol–water partition coefficient (Wildman–Crippen LogP) is 4.84. The highest BCUT2D eigenvalue weighted by atomic mass is 35.5. The van der Waals surface area contributed by atoms with Gasteiger partial charge in [-0.05, 0) is 43.2 Å². The molecule has 1 aliphatic heterocycles. The van der Waals surface area contributed by atoms with E-state index in [0.717, 1.165) is 29.0 Å². The van der Waals surface area contributed by atoms with Gasteiger partial charge >= 0.3 is 6.18 Å². The summed E-state index contributed by atoms with van der Waals surface area (Å²) in [5, 5.41) is 11.2. The van der Waals surface area contributed by atoms with Crippen LogP contribution in [0.4, 0.5) is 27.8 Å². The number of rotatable bonds is 5. The second kappa shape index (κ2) is 11.1. The molecule has 2 aromatic heterocycles. The van der Waals surface area contributed by atoms with Crippen molar-refractivity contribution in [2.45, 2.75) is 31.2 Å². The van der Waals surface area contributed by atoms with Crippen LogP contribution in [0.3, 0.4) is 0 Å². The molecule has 1 saturated heterocycles. The lowest BCUT2D eigenvalue weighted by Crippen LogP contribution is -2.44. The molecule has 0 bridgehead atoms. The maximum absolute atomic E-state index is 15.0. The number of pyridine rings is 2. The zero-order valence-electron chi connectivity index (χ0n) is 21.3. The first-order valence-corrected chi connectivity index (χ1v) is 12.9. The molecule has 2 atom stereocenters. The van der Waals surface area contributed by atoms with Crippen molar-refractivity contribution in [3.8, 4) is 5.69 Å². The molecule has 0 aliphatic carbocycles. The average molecular weight is 607 g/mol. The Kier molecular flexibility index (Phi) is 7.73. The number of amides is 2. The molecule has 0 radical (unpaired) electrons. The van der Waals surface area contributed by atoms with Crippen molar-refractivity contribution in [1.29, 1.82) is 0 Å². The molecular formula is C28H20ClF5N4O4. The smallest absolute Gasteiger partial charge is 0.383 e. The van der Waals surface area contributed by atoms with Crippen molar-refractivity contribution in [1.82, 2.24) is 14.9 Å². The van der Waals surface area contributed by atoms with Crippen LogP contribution in [0, 0.1) is 11.6 Å². The molecule has 218 valence electrons. The average Bonchev–Trinajstić information content (AvgIpc) is 2.93. The second-order valence-corrected chi connectivity index (χ2v) is 9.90. The number of carbonyl (C=O) groups excluding carboxylic acids is 2. The lowest BCUT2D eigenvalue weighted by atomic mass is 10.1. The van der Waals surface area contributed by atoms with Gasteiger partial charge in [-0.25, -0.2) is 13.8 Å². The Labute approximate surface area is 239 Å². The molecule has 3 heterocycles. The zero-order chi connectivity index (χ0) is 30.3. The van der Waals surface area contributed by atoms with Crippen LogP contribution in [0.15, 0.2) is 65.6 Å².